The normalized spacial score (nSPS) is 13.9. The molecule has 3 rings (SSSR count). The van der Waals surface area contributed by atoms with Crippen LogP contribution >= 0.6 is 0 Å². The first-order valence-electron chi connectivity index (χ1n) is 10.5. The van der Waals surface area contributed by atoms with Crippen LogP contribution in [0.5, 0.6) is 17.2 Å². The van der Waals surface area contributed by atoms with Crippen LogP contribution in [0.1, 0.15) is 35.8 Å². The van der Waals surface area contributed by atoms with Gasteiger partial charge in [-0.3, -0.25) is 9.78 Å². The maximum absolute atomic E-state index is 12.2. The molecule has 1 N–H and O–H groups in total. The first-order chi connectivity index (χ1) is 15.5. The summed E-state index contributed by atoms with van der Waals surface area (Å²) in [6, 6.07) is 8.56. The third kappa shape index (κ3) is 7.21. The number of carbonyl (C=O) groups excluding carboxylic acids is 2. The highest BCUT2D eigenvalue weighted by Crippen LogP contribution is 2.27. The van der Waals surface area contributed by atoms with E-state index in [9.17, 15) is 9.59 Å². The van der Waals surface area contributed by atoms with Crippen LogP contribution in [0.15, 0.2) is 36.5 Å². The minimum Gasteiger partial charge on any atom is -0.491 e. The van der Waals surface area contributed by atoms with Crippen LogP contribution in [-0.4, -0.2) is 56.5 Å². The molecule has 0 aliphatic carbocycles. The Kier molecular flexibility index (Phi) is 8.82. The van der Waals surface area contributed by atoms with E-state index in [1.165, 1.54) is 26.3 Å². The maximum Gasteiger partial charge on any atom is 0.341 e. The monoisotopic (exact) mass is 444 g/mol. The number of methoxy groups -OCH3 is 1. The molecule has 1 fully saturated rings. The summed E-state index contributed by atoms with van der Waals surface area (Å²) < 4.78 is 27.5. The van der Waals surface area contributed by atoms with Gasteiger partial charge in [0.2, 0.25) is 5.91 Å². The molecule has 1 aliphatic rings. The van der Waals surface area contributed by atoms with Gasteiger partial charge >= 0.3 is 5.97 Å². The Morgan fingerprint density at radius 3 is 2.53 bits per heavy atom. The summed E-state index contributed by atoms with van der Waals surface area (Å²) in [5, 5.41) is 2.64. The Hall–Kier alpha value is -3.17. The van der Waals surface area contributed by atoms with Crippen LogP contribution in [0.4, 0.5) is 0 Å². The van der Waals surface area contributed by atoms with Crippen molar-refractivity contribution in [3.05, 3.63) is 47.8 Å². The molecular weight excluding hydrogens is 416 g/mol. The SMILES string of the molecule is COC(=O)c1cc(CNC(C)=O)ncc1Oc1ccc(OCCOC2CCOCC2)cc1. The summed E-state index contributed by atoms with van der Waals surface area (Å²) in [5.41, 5.74) is 0.730. The number of esters is 1. The minimum absolute atomic E-state index is 0.191. The zero-order valence-electron chi connectivity index (χ0n) is 18.3. The number of ether oxygens (including phenoxy) is 5. The molecule has 1 aromatic carbocycles. The largest absolute Gasteiger partial charge is 0.491 e. The van der Waals surface area contributed by atoms with Crippen molar-refractivity contribution in [3.8, 4) is 17.2 Å². The Bertz CT molecular complexity index is 896. The molecule has 2 heterocycles. The molecule has 9 heteroatoms. The van der Waals surface area contributed by atoms with Crippen molar-refractivity contribution in [2.75, 3.05) is 33.5 Å². The molecule has 2 aromatic rings. The van der Waals surface area contributed by atoms with Crippen molar-refractivity contribution in [1.29, 1.82) is 0 Å². The summed E-state index contributed by atoms with van der Waals surface area (Å²) in [6.07, 6.45) is 3.51. The number of carbonyl (C=O) groups is 2. The molecule has 1 aromatic heterocycles. The number of aromatic nitrogens is 1. The molecule has 0 radical (unpaired) electrons. The number of pyridine rings is 1. The lowest BCUT2D eigenvalue weighted by molar-refractivity contribution is -0.119. The van der Waals surface area contributed by atoms with Gasteiger partial charge in [0.1, 0.15) is 23.7 Å². The van der Waals surface area contributed by atoms with Gasteiger partial charge < -0.3 is 29.0 Å². The minimum atomic E-state index is -0.559. The molecule has 1 amide bonds. The molecule has 9 nitrogen and oxygen atoms in total. The number of nitrogens with one attached hydrogen (secondary N) is 1. The van der Waals surface area contributed by atoms with Crippen LogP contribution in [-0.2, 0) is 25.5 Å². The van der Waals surface area contributed by atoms with E-state index in [1.807, 2.05) is 0 Å². The lowest BCUT2D eigenvalue weighted by atomic mass is 10.2. The quantitative estimate of drug-likeness (QED) is 0.441. The maximum atomic E-state index is 12.2. The summed E-state index contributed by atoms with van der Waals surface area (Å²) in [6.45, 7) is 4.07. The summed E-state index contributed by atoms with van der Waals surface area (Å²) in [7, 11) is 1.29. The Labute approximate surface area is 187 Å². The van der Waals surface area contributed by atoms with Crippen LogP contribution < -0.4 is 14.8 Å². The van der Waals surface area contributed by atoms with Crippen molar-refractivity contribution in [2.45, 2.75) is 32.4 Å². The van der Waals surface area contributed by atoms with Crippen molar-refractivity contribution in [1.82, 2.24) is 10.3 Å². The third-order valence-electron chi connectivity index (χ3n) is 4.77. The second-order valence-corrected chi connectivity index (χ2v) is 7.18. The van der Waals surface area contributed by atoms with Gasteiger partial charge in [0.15, 0.2) is 5.75 Å². The van der Waals surface area contributed by atoms with Gasteiger partial charge in [0, 0.05) is 20.1 Å². The molecule has 0 atom stereocenters. The number of hydrogen-bond donors (Lipinski definition) is 1. The predicted molar refractivity (Wildman–Crippen MR) is 115 cm³/mol. The fourth-order valence-electron chi connectivity index (χ4n) is 3.10. The molecule has 1 saturated heterocycles. The van der Waals surface area contributed by atoms with Crippen molar-refractivity contribution >= 4 is 11.9 Å². The smallest absolute Gasteiger partial charge is 0.341 e. The van der Waals surface area contributed by atoms with Crippen molar-refractivity contribution < 1.29 is 33.3 Å². The summed E-state index contributed by atoms with van der Waals surface area (Å²) >= 11 is 0. The van der Waals surface area contributed by atoms with Gasteiger partial charge in [-0.05, 0) is 43.2 Å². The molecule has 0 saturated carbocycles. The zero-order chi connectivity index (χ0) is 22.8. The predicted octanol–water partition coefficient (Wildman–Crippen LogP) is 2.87. The van der Waals surface area contributed by atoms with Crippen LogP contribution in [0.3, 0.4) is 0 Å². The van der Waals surface area contributed by atoms with Crippen LogP contribution in [0.2, 0.25) is 0 Å². The van der Waals surface area contributed by atoms with Gasteiger partial charge in [-0.25, -0.2) is 4.79 Å². The first kappa shape index (κ1) is 23.5. The lowest BCUT2D eigenvalue weighted by Crippen LogP contribution is -2.25. The van der Waals surface area contributed by atoms with Gasteiger partial charge in [0.25, 0.3) is 0 Å². The van der Waals surface area contributed by atoms with E-state index in [1.54, 1.807) is 24.3 Å². The molecular formula is C23H28N2O7. The number of hydrogen-bond acceptors (Lipinski definition) is 8. The summed E-state index contributed by atoms with van der Waals surface area (Å²) in [5.74, 6) is 0.699. The molecule has 172 valence electrons. The standard InChI is InChI=1S/C23H28N2O7/c1-16(26)24-14-17-13-21(23(27)28-2)22(15-25-17)32-20-5-3-18(4-6-20)30-11-12-31-19-7-9-29-10-8-19/h3-6,13,15,19H,7-12,14H2,1-2H3,(H,24,26). The Morgan fingerprint density at radius 1 is 1.12 bits per heavy atom. The molecule has 1 aliphatic heterocycles. The highest BCUT2D eigenvalue weighted by atomic mass is 16.5. The van der Waals surface area contributed by atoms with E-state index in [0.717, 1.165) is 26.1 Å². The van der Waals surface area contributed by atoms with E-state index >= 15 is 0 Å². The summed E-state index contributed by atoms with van der Waals surface area (Å²) in [4.78, 5) is 27.5. The highest BCUT2D eigenvalue weighted by Gasteiger charge is 2.16. The van der Waals surface area contributed by atoms with Crippen molar-refractivity contribution in [3.63, 3.8) is 0 Å². The first-order valence-corrected chi connectivity index (χ1v) is 10.5. The zero-order valence-corrected chi connectivity index (χ0v) is 18.3. The average molecular weight is 444 g/mol. The number of benzene rings is 1. The fraction of sp³-hybridized carbons (Fsp3) is 0.435. The second kappa shape index (κ2) is 12.0. The highest BCUT2D eigenvalue weighted by molar-refractivity contribution is 5.92. The van der Waals surface area contributed by atoms with E-state index < -0.39 is 5.97 Å². The second-order valence-electron chi connectivity index (χ2n) is 7.18. The van der Waals surface area contributed by atoms with Gasteiger partial charge in [0.05, 0.1) is 38.3 Å². The van der Waals surface area contributed by atoms with Gasteiger partial charge in [-0.2, -0.15) is 0 Å². The topological polar surface area (TPSA) is 105 Å². The van der Waals surface area contributed by atoms with Gasteiger partial charge in [-0.15, -0.1) is 0 Å². The van der Waals surface area contributed by atoms with E-state index in [2.05, 4.69) is 10.3 Å². The number of rotatable bonds is 10. The molecule has 0 bridgehead atoms. The number of nitrogens with zero attached hydrogens (tertiary/aromatic N) is 1. The van der Waals surface area contributed by atoms with Gasteiger partial charge in [-0.1, -0.05) is 0 Å². The van der Waals surface area contributed by atoms with E-state index in [0.29, 0.717) is 30.4 Å². The lowest BCUT2D eigenvalue weighted by Gasteiger charge is -2.22. The van der Waals surface area contributed by atoms with E-state index in [4.69, 9.17) is 23.7 Å². The van der Waals surface area contributed by atoms with Crippen molar-refractivity contribution in [2.24, 2.45) is 0 Å². The molecule has 32 heavy (non-hydrogen) atoms. The third-order valence-corrected chi connectivity index (χ3v) is 4.77. The molecule has 0 spiro atoms. The van der Waals surface area contributed by atoms with Crippen LogP contribution in [0.25, 0.3) is 0 Å². The Balaban J connectivity index is 1.55. The fourth-order valence-corrected chi connectivity index (χ4v) is 3.10. The molecule has 0 unspecified atom stereocenters. The average Bonchev–Trinajstić information content (AvgIpc) is 2.82. The number of amides is 1. The van der Waals surface area contributed by atoms with E-state index in [-0.39, 0.29) is 29.9 Å². The van der Waals surface area contributed by atoms with Crippen LogP contribution in [0, 0.1) is 0 Å². The Morgan fingerprint density at radius 2 is 1.84 bits per heavy atom.